The Labute approximate surface area is 132 Å². The van der Waals surface area contributed by atoms with Crippen molar-refractivity contribution in [3.8, 4) is 0 Å². The molecule has 0 spiro atoms. The van der Waals surface area contributed by atoms with Crippen LogP contribution in [-0.2, 0) is 9.59 Å². The average Bonchev–Trinajstić information content (AvgIpc) is 2.44. The monoisotopic (exact) mass is 402 g/mol. The lowest BCUT2D eigenvalue weighted by atomic mass is 10.3. The summed E-state index contributed by atoms with van der Waals surface area (Å²) in [5, 5.41) is 4.44. The Morgan fingerprint density at radius 3 is 2.14 bits per heavy atom. The highest BCUT2D eigenvalue weighted by Gasteiger charge is 2.16. The van der Waals surface area contributed by atoms with Crippen LogP contribution in [0.15, 0.2) is 42.5 Å². The van der Waals surface area contributed by atoms with Gasteiger partial charge in [-0.2, -0.15) is 0 Å². The molecule has 0 fully saturated rings. The zero-order chi connectivity index (χ0) is 15.4. The van der Waals surface area contributed by atoms with E-state index in [2.05, 4.69) is 33.2 Å². The van der Waals surface area contributed by atoms with Gasteiger partial charge in [-0.3, -0.25) is 9.59 Å². The normalized spacial score (nSPS) is 10.0. The van der Waals surface area contributed by atoms with Crippen molar-refractivity contribution < 1.29 is 18.4 Å². The first kappa shape index (κ1) is 15.4. The van der Waals surface area contributed by atoms with Crippen LogP contribution in [0.1, 0.15) is 0 Å². The van der Waals surface area contributed by atoms with Crippen LogP contribution in [0.25, 0.3) is 0 Å². The van der Waals surface area contributed by atoms with E-state index in [9.17, 15) is 18.4 Å². The van der Waals surface area contributed by atoms with E-state index in [0.29, 0.717) is 11.8 Å². The molecule has 0 radical (unpaired) electrons. The lowest BCUT2D eigenvalue weighted by Crippen LogP contribution is -2.29. The second-order valence-corrected chi connectivity index (χ2v) is 5.28. The molecule has 2 rings (SSSR count). The van der Waals surface area contributed by atoms with Gasteiger partial charge in [0.15, 0.2) is 0 Å². The number of rotatable bonds is 2. The van der Waals surface area contributed by atoms with Crippen LogP contribution in [0.2, 0.25) is 0 Å². The molecule has 0 aromatic heterocycles. The Morgan fingerprint density at radius 2 is 1.52 bits per heavy atom. The van der Waals surface area contributed by atoms with Crippen molar-refractivity contribution in [2.45, 2.75) is 0 Å². The van der Waals surface area contributed by atoms with Crippen LogP contribution in [0.4, 0.5) is 20.2 Å². The Bertz CT molecular complexity index is 690. The minimum Gasteiger partial charge on any atom is -0.318 e. The van der Waals surface area contributed by atoms with Crippen molar-refractivity contribution in [2.75, 3.05) is 10.6 Å². The molecule has 108 valence electrons. The molecule has 0 saturated carbocycles. The van der Waals surface area contributed by atoms with Crippen LogP contribution in [0.5, 0.6) is 0 Å². The molecule has 21 heavy (non-hydrogen) atoms. The molecule has 0 saturated heterocycles. The zero-order valence-corrected chi connectivity index (χ0v) is 12.6. The molecule has 0 aliphatic rings. The smallest absolute Gasteiger partial charge is 0.314 e. The molecule has 2 aromatic rings. The quantitative estimate of drug-likeness (QED) is 0.599. The van der Waals surface area contributed by atoms with Crippen LogP contribution in [0, 0.1) is 15.2 Å². The molecule has 0 aliphatic carbocycles. The summed E-state index contributed by atoms with van der Waals surface area (Å²) in [6.07, 6.45) is 0. The molecule has 7 heteroatoms. The molecular weight excluding hydrogens is 393 g/mol. The summed E-state index contributed by atoms with van der Waals surface area (Å²) in [6.45, 7) is 0. The third-order valence-corrected chi connectivity index (χ3v) is 3.21. The van der Waals surface area contributed by atoms with E-state index in [4.69, 9.17) is 0 Å². The van der Waals surface area contributed by atoms with E-state index in [-0.39, 0.29) is 5.69 Å². The van der Waals surface area contributed by atoms with E-state index in [0.717, 1.165) is 15.7 Å². The fourth-order valence-electron chi connectivity index (χ4n) is 1.49. The molecule has 2 amide bonds. The lowest BCUT2D eigenvalue weighted by molar-refractivity contribution is -0.133. The summed E-state index contributed by atoms with van der Waals surface area (Å²) in [5.74, 6) is -3.71. The molecule has 0 unspecified atom stereocenters. The fourth-order valence-corrected chi connectivity index (χ4v) is 1.85. The van der Waals surface area contributed by atoms with Gasteiger partial charge in [-0.25, -0.2) is 8.78 Å². The molecule has 4 nitrogen and oxygen atoms in total. The van der Waals surface area contributed by atoms with Gasteiger partial charge in [-0.1, -0.05) is 0 Å². The Hall–Kier alpha value is -2.03. The Morgan fingerprint density at radius 1 is 0.905 bits per heavy atom. The number of hydrogen-bond donors (Lipinski definition) is 2. The third-order valence-electron chi connectivity index (χ3n) is 2.49. The summed E-state index contributed by atoms with van der Waals surface area (Å²) in [5.41, 5.74) is 0.175. The van der Waals surface area contributed by atoms with Crippen LogP contribution >= 0.6 is 22.6 Å². The number of hydrogen-bond acceptors (Lipinski definition) is 2. The highest BCUT2D eigenvalue weighted by molar-refractivity contribution is 14.1. The van der Waals surface area contributed by atoms with Gasteiger partial charge < -0.3 is 10.6 Å². The molecule has 0 bridgehead atoms. The van der Waals surface area contributed by atoms with Gasteiger partial charge in [-0.15, -0.1) is 0 Å². The second-order valence-electron chi connectivity index (χ2n) is 4.04. The third kappa shape index (κ3) is 4.22. The van der Waals surface area contributed by atoms with Crippen molar-refractivity contribution in [3.63, 3.8) is 0 Å². The first-order valence-corrected chi connectivity index (χ1v) is 6.86. The van der Waals surface area contributed by atoms with Gasteiger partial charge >= 0.3 is 11.8 Å². The highest BCUT2D eigenvalue weighted by atomic mass is 127. The van der Waals surface area contributed by atoms with Crippen LogP contribution in [-0.4, -0.2) is 11.8 Å². The van der Waals surface area contributed by atoms with Gasteiger partial charge in [0.05, 0.1) is 5.69 Å². The number of amides is 2. The number of nitrogens with one attached hydrogen (secondary N) is 2. The molecule has 0 aliphatic heterocycles. The summed E-state index contributed by atoms with van der Waals surface area (Å²) < 4.78 is 27.1. The number of benzene rings is 2. The Balaban J connectivity index is 2.02. The molecule has 2 aromatic carbocycles. The van der Waals surface area contributed by atoms with E-state index >= 15 is 0 Å². The summed E-state index contributed by atoms with van der Waals surface area (Å²) in [7, 11) is 0. The van der Waals surface area contributed by atoms with Gasteiger partial charge in [0, 0.05) is 15.3 Å². The molecular formula is C14H9F2IN2O2. The maximum atomic E-state index is 13.4. The van der Waals surface area contributed by atoms with E-state index in [1.165, 1.54) is 0 Å². The standard InChI is InChI=1S/C14H9F2IN2O2/c15-8-1-6-12(11(16)7-8)19-14(21)13(20)18-10-4-2-9(17)3-5-10/h1-7H,(H,18,20)(H,19,21). The summed E-state index contributed by atoms with van der Waals surface area (Å²) >= 11 is 2.10. The van der Waals surface area contributed by atoms with Gasteiger partial charge in [-0.05, 0) is 59.0 Å². The van der Waals surface area contributed by atoms with Crippen LogP contribution in [0.3, 0.4) is 0 Å². The zero-order valence-electron chi connectivity index (χ0n) is 10.5. The Kier molecular flexibility index (Phi) is 4.84. The molecule has 0 heterocycles. The number of carbonyl (C=O) groups is 2. The lowest BCUT2D eigenvalue weighted by Gasteiger charge is -2.07. The van der Waals surface area contributed by atoms with Gasteiger partial charge in [0.1, 0.15) is 11.6 Å². The first-order chi connectivity index (χ1) is 9.95. The van der Waals surface area contributed by atoms with Gasteiger partial charge in [0.25, 0.3) is 0 Å². The summed E-state index contributed by atoms with van der Waals surface area (Å²) in [6, 6.07) is 9.42. The molecule has 2 N–H and O–H groups in total. The van der Waals surface area contributed by atoms with E-state index in [1.54, 1.807) is 24.3 Å². The van der Waals surface area contributed by atoms with Crippen molar-refractivity contribution in [1.29, 1.82) is 0 Å². The minimum atomic E-state index is -1.04. The topological polar surface area (TPSA) is 58.2 Å². The number of carbonyl (C=O) groups excluding carboxylic acids is 2. The number of anilines is 2. The predicted molar refractivity (Wildman–Crippen MR) is 82.8 cm³/mol. The second kappa shape index (κ2) is 6.61. The molecule has 0 atom stereocenters. The van der Waals surface area contributed by atoms with Crippen LogP contribution < -0.4 is 10.6 Å². The fraction of sp³-hybridized carbons (Fsp3) is 0. The number of halogens is 3. The van der Waals surface area contributed by atoms with Gasteiger partial charge in [0.2, 0.25) is 0 Å². The van der Waals surface area contributed by atoms with Crippen molar-refractivity contribution in [2.24, 2.45) is 0 Å². The first-order valence-electron chi connectivity index (χ1n) is 5.78. The van der Waals surface area contributed by atoms with Crippen molar-refractivity contribution in [1.82, 2.24) is 0 Å². The van der Waals surface area contributed by atoms with E-state index in [1.807, 2.05) is 0 Å². The minimum absolute atomic E-state index is 0.265. The highest BCUT2D eigenvalue weighted by Crippen LogP contribution is 2.15. The largest absolute Gasteiger partial charge is 0.318 e. The van der Waals surface area contributed by atoms with Crippen molar-refractivity contribution >= 4 is 45.8 Å². The maximum absolute atomic E-state index is 13.4. The van der Waals surface area contributed by atoms with E-state index < -0.39 is 23.4 Å². The maximum Gasteiger partial charge on any atom is 0.314 e. The average molecular weight is 402 g/mol. The summed E-state index contributed by atoms with van der Waals surface area (Å²) in [4.78, 5) is 23.3. The predicted octanol–water partition coefficient (Wildman–Crippen LogP) is 3.15. The van der Waals surface area contributed by atoms with Crippen molar-refractivity contribution in [3.05, 3.63) is 57.7 Å². The SMILES string of the molecule is O=C(Nc1ccc(I)cc1)C(=O)Nc1ccc(F)cc1F.